The number of rotatable bonds is 4. The molecule has 19 heavy (non-hydrogen) atoms. The number of hydrogen-bond donors (Lipinski definition) is 1. The van der Waals surface area contributed by atoms with Crippen LogP contribution in [0.4, 0.5) is 4.39 Å². The second kappa shape index (κ2) is 6.31. The van der Waals surface area contributed by atoms with Gasteiger partial charge in [-0.2, -0.15) is 0 Å². The van der Waals surface area contributed by atoms with E-state index in [1.54, 1.807) is 6.07 Å². The lowest BCUT2D eigenvalue weighted by Crippen LogP contribution is -2.26. The van der Waals surface area contributed by atoms with Gasteiger partial charge in [0.25, 0.3) is 0 Å². The van der Waals surface area contributed by atoms with Gasteiger partial charge in [0.15, 0.2) is 0 Å². The number of aryl methyl sites for hydroxylation is 1. The third-order valence-electron chi connectivity index (χ3n) is 3.08. The highest BCUT2D eigenvalue weighted by Gasteiger charge is 2.09. The molecule has 0 aliphatic rings. The molecule has 2 aromatic rings. The molecule has 1 unspecified atom stereocenters. The lowest BCUT2D eigenvalue weighted by molar-refractivity contribution is 0.583. The zero-order chi connectivity index (χ0) is 13.8. The maximum Gasteiger partial charge on any atom is 0.127 e. The van der Waals surface area contributed by atoms with Crippen LogP contribution >= 0.6 is 15.9 Å². The molecular formula is C16H17BrFN. The van der Waals surface area contributed by atoms with E-state index in [4.69, 9.17) is 5.73 Å². The maximum atomic E-state index is 13.7. The van der Waals surface area contributed by atoms with Crippen molar-refractivity contribution < 1.29 is 4.39 Å². The smallest absolute Gasteiger partial charge is 0.127 e. The Kier molecular flexibility index (Phi) is 4.72. The molecule has 2 N–H and O–H groups in total. The van der Waals surface area contributed by atoms with Gasteiger partial charge in [0, 0.05) is 10.5 Å². The van der Waals surface area contributed by atoms with Crippen LogP contribution in [0.2, 0.25) is 0 Å². The van der Waals surface area contributed by atoms with E-state index in [0.29, 0.717) is 12.0 Å². The number of benzene rings is 2. The fourth-order valence-electron chi connectivity index (χ4n) is 2.18. The number of hydrogen-bond acceptors (Lipinski definition) is 1. The molecule has 0 fully saturated rings. The summed E-state index contributed by atoms with van der Waals surface area (Å²) in [6.07, 6.45) is 1.31. The summed E-state index contributed by atoms with van der Waals surface area (Å²) < 4.78 is 14.5. The molecule has 0 amide bonds. The molecule has 0 saturated carbocycles. The first-order valence-electron chi connectivity index (χ1n) is 6.29. The van der Waals surface area contributed by atoms with Gasteiger partial charge in [0.05, 0.1) is 0 Å². The minimum Gasteiger partial charge on any atom is -0.327 e. The highest BCUT2D eigenvalue weighted by atomic mass is 79.9. The van der Waals surface area contributed by atoms with Crippen molar-refractivity contribution in [2.75, 3.05) is 0 Å². The van der Waals surface area contributed by atoms with Crippen LogP contribution in [0.3, 0.4) is 0 Å². The fraction of sp³-hybridized carbons (Fsp3) is 0.250. The summed E-state index contributed by atoms with van der Waals surface area (Å²) in [5, 5.41) is 0. The SMILES string of the molecule is Cc1cccc(CC(N)Cc2ccc(Br)cc2F)c1. The molecule has 0 heterocycles. The van der Waals surface area contributed by atoms with E-state index < -0.39 is 0 Å². The fourth-order valence-corrected chi connectivity index (χ4v) is 2.52. The average Bonchev–Trinajstić information content (AvgIpc) is 2.33. The van der Waals surface area contributed by atoms with Crippen LogP contribution in [0.15, 0.2) is 46.9 Å². The van der Waals surface area contributed by atoms with E-state index >= 15 is 0 Å². The monoisotopic (exact) mass is 321 g/mol. The Hall–Kier alpha value is -1.19. The second-order valence-corrected chi connectivity index (χ2v) is 5.81. The average molecular weight is 322 g/mol. The van der Waals surface area contributed by atoms with Crippen LogP contribution in [0.25, 0.3) is 0 Å². The van der Waals surface area contributed by atoms with Crippen molar-refractivity contribution in [2.24, 2.45) is 5.73 Å². The van der Waals surface area contributed by atoms with Crippen molar-refractivity contribution in [3.63, 3.8) is 0 Å². The zero-order valence-corrected chi connectivity index (χ0v) is 12.5. The molecular weight excluding hydrogens is 305 g/mol. The molecule has 0 bridgehead atoms. The summed E-state index contributed by atoms with van der Waals surface area (Å²) in [5.74, 6) is -0.200. The van der Waals surface area contributed by atoms with Crippen LogP contribution in [-0.4, -0.2) is 6.04 Å². The quantitative estimate of drug-likeness (QED) is 0.904. The highest BCUT2D eigenvalue weighted by Crippen LogP contribution is 2.17. The summed E-state index contributed by atoms with van der Waals surface area (Å²) in [7, 11) is 0. The van der Waals surface area contributed by atoms with Crippen LogP contribution in [0, 0.1) is 12.7 Å². The molecule has 100 valence electrons. The molecule has 1 atom stereocenters. The summed E-state index contributed by atoms with van der Waals surface area (Å²) >= 11 is 3.25. The summed E-state index contributed by atoms with van der Waals surface area (Å²) in [6, 6.07) is 13.3. The molecule has 2 aromatic carbocycles. The Morgan fingerprint density at radius 1 is 1.16 bits per heavy atom. The van der Waals surface area contributed by atoms with E-state index in [9.17, 15) is 4.39 Å². The van der Waals surface area contributed by atoms with E-state index in [0.717, 1.165) is 10.9 Å². The van der Waals surface area contributed by atoms with Crippen molar-refractivity contribution in [3.05, 3.63) is 69.4 Å². The summed E-state index contributed by atoms with van der Waals surface area (Å²) in [6.45, 7) is 2.06. The lowest BCUT2D eigenvalue weighted by Gasteiger charge is -2.13. The van der Waals surface area contributed by atoms with Gasteiger partial charge in [0.2, 0.25) is 0 Å². The van der Waals surface area contributed by atoms with E-state index in [2.05, 4.69) is 41.1 Å². The van der Waals surface area contributed by atoms with Gasteiger partial charge in [-0.3, -0.25) is 0 Å². The highest BCUT2D eigenvalue weighted by molar-refractivity contribution is 9.10. The van der Waals surface area contributed by atoms with Crippen molar-refractivity contribution in [3.8, 4) is 0 Å². The lowest BCUT2D eigenvalue weighted by atomic mass is 9.98. The Morgan fingerprint density at radius 3 is 2.63 bits per heavy atom. The van der Waals surface area contributed by atoms with Gasteiger partial charge in [-0.15, -0.1) is 0 Å². The molecule has 0 spiro atoms. The minimum atomic E-state index is -0.200. The first kappa shape index (κ1) is 14.2. The topological polar surface area (TPSA) is 26.0 Å². The number of halogens is 2. The van der Waals surface area contributed by atoms with Crippen LogP contribution in [0.5, 0.6) is 0 Å². The van der Waals surface area contributed by atoms with Gasteiger partial charge in [-0.25, -0.2) is 4.39 Å². The van der Waals surface area contributed by atoms with Crippen molar-refractivity contribution in [2.45, 2.75) is 25.8 Å². The third-order valence-corrected chi connectivity index (χ3v) is 3.57. The van der Waals surface area contributed by atoms with Gasteiger partial charge >= 0.3 is 0 Å². The minimum absolute atomic E-state index is 0.0718. The van der Waals surface area contributed by atoms with Crippen molar-refractivity contribution in [1.82, 2.24) is 0 Å². The molecule has 3 heteroatoms. The Labute approximate surface area is 121 Å². The van der Waals surface area contributed by atoms with Gasteiger partial charge in [-0.05, 0) is 43.0 Å². The van der Waals surface area contributed by atoms with Crippen molar-refractivity contribution >= 4 is 15.9 Å². The first-order chi connectivity index (χ1) is 9.04. The van der Waals surface area contributed by atoms with Crippen LogP contribution in [0.1, 0.15) is 16.7 Å². The summed E-state index contributed by atoms with van der Waals surface area (Å²) in [5.41, 5.74) is 9.21. The van der Waals surface area contributed by atoms with Crippen LogP contribution < -0.4 is 5.73 Å². The maximum absolute atomic E-state index is 13.7. The molecule has 0 aromatic heterocycles. The molecule has 0 aliphatic heterocycles. The molecule has 2 rings (SSSR count). The van der Waals surface area contributed by atoms with E-state index in [1.165, 1.54) is 17.2 Å². The second-order valence-electron chi connectivity index (χ2n) is 4.89. The standard InChI is InChI=1S/C16H17BrFN/c1-11-3-2-4-12(7-11)8-15(19)9-13-5-6-14(17)10-16(13)18/h2-7,10,15H,8-9,19H2,1H3. The molecule has 0 aliphatic carbocycles. The van der Waals surface area contributed by atoms with Crippen LogP contribution in [-0.2, 0) is 12.8 Å². The Morgan fingerprint density at radius 2 is 1.95 bits per heavy atom. The molecule has 1 nitrogen and oxygen atoms in total. The molecule has 0 saturated heterocycles. The predicted molar refractivity (Wildman–Crippen MR) is 80.7 cm³/mol. The molecule has 0 radical (unpaired) electrons. The van der Waals surface area contributed by atoms with Gasteiger partial charge in [-0.1, -0.05) is 51.8 Å². The Bertz CT molecular complexity index is 568. The summed E-state index contributed by atoms with van der Waals surface area (Å²) in [4.78, 5) is 0. The van der Waals surface area contributed by atoms with Crippen molar-refractivity contribution in [1.29, 1.82) is 0 Å². The van der Waals surface area contributed by atoms with Gasteiger partial charge < -0.3 is 5.73 Å². The Balaban J connectivity index is 2.03. The first-order valence-corrected chi connectivity index (χ1v) is 7.09. The zero-order valence-electron chi connectivity index (χ0n) is 10.9. The third kappa shape index (κ3) is 4.15. The largest absolute Gasteiger partial charge is 0.327 e. The normalized spacial score (nSPS) is 12.4. The van der Waals surface area contributed by atoms with E-state index in [1.807, 2.05) is 12.1 Å². The van der Waals surface area contributed by atoms with E-state index in [-0.39, 0.29) is 11.9 Å². The number of nitrogens with two attached hydrogens (primary N) is 1. The predicted octanol–water partition coefficient (Wildman–Crippen LogP) is 4.01. The van der Waals surface area contributed by atoms with Gasteiger partial charge in [0.1, 0.15) is 5.82 Å².